The van der Waals surface area contributed by atoms with Crippen LogP contribution < -0.4 is 0 Å². The fourth-order valence-corrected chi connectivity index (χ4v) is 1.07. The van der Waals surface area contributed by atoms with Crippen LogP contribution in [-0.2, 0) is 27.7 Å². The van der Waals surface area contributed by atoms with Gasteiger partial charge in [-0.3, -0.25) is 9.05 Å². The maximum Gasteiger partial charge on any atom is 0.477 e. The van der Waals surface area contributed by atoms with E-state index >= 15 is 0 Å². The van der Waals surface area contributed by atoms with E-state index in [1.54, 1.807) is 0 Å². The molecule has 0 rings (SSSR count). The second kappa shape index (κ2) is 6.15. The lowest BCUT2D eigenvalue weighted by atomic mass is 10.3. The Hall–Kier alpha value is -0.890. The van der Waals surface area contributed by atoms with Crippen LogP contribution in [0.3, 0.4) is 0 Å². The highest BCUT2D eigenvalue weighted by atomic mass is 31.2. The van der Waals surface area contributed by atoms with Gasteiger partial charge in [-0.1, -0.05) is 6.58 Å². The summed E-state index contributed by atoms with van der Waals surface area (Å²) in [5, 5.41) is 0. The minimum absolute atomic E-state index is 0.987. The first-order valence-electron chi connectivity index (χ1n) is 3.95. The van der Waals surface area contributed by atoms with Crippen LogP contribution in [0.1, 0.15) is 0 Å². The first-order valence-corrected chi connectivity index (χ1v) is 5.41. The Bertz CT molecular complexity index is 331. The van der Waals surface area contributed by atoms with Crippen molar-refractivity contribution in [3.05, 3.63) is 12.2 Å². The standard InChI is InChI=1S/C7H10F3O6P/c1-5(7(8,9)10)6(11)15-4-16-17(12,13-2)14-3/h1,4H2,2-3H3. The third-order valence-corrected chi connectivity index (χ3v) is 2.75. The smallest absolute Gasteiger partial charge is 0.434 e. The van der Waals surface area contributed by atoms with Crippen molar-refractivity contribution in [2.24, 2.45) is 0 Å². The fraction of sp³-hybridized carbons (Fsp3) is 0.571. The molecule has 0 aliphatic rings. The van der Waals surface area contributed by atoms with Gasteiger partial charge in [0.25, 0.3) is 0 Å². The number of carbonyl (C=O) groups excluding carboxylic acids is 1. The van der Waals surface area contributed by atoms with Crippen LogP contribution >= 0.6 is 7.82 Å². The van der Waals surface area contributed by atoms with Crippen molar-refractivity contribution < 1.29 is 40.8 Å². The van der Waals surface area contributed by atoms with Gasteiger partial charge in [0.1, 0.15) is 5.57 Å². The zero-order chi connectivity index (χ0) is 13.7. The lowest BCUT2D eigenvalue weighted by Gasteiger charge is -2.14. The predicted octanol–water partition coefficient (Wildman–Crippen LogP) is 2.02. The van der Waals surface area contributed by atoms with E-state index in [0.29, 0.717) is 0 Å². The molecule has 0 aromatic rings. The van der Waals surface area contributed by atoms with Gasteiger partial charge in [-0.15, -0.1) is 0 Å². The van der Waals surface area contributed by atoms with Crippen molar-refractivity contribution in [2.45, 2.75) is 6.18 Å². The molecule has 0 aromatic carbocycles. The number of phosphoric acid groups is 1. The molecule has 0 atom stereocenters. The molecule has 0 spiro atoms. The van der Waals surface area contributed by atoms with Crippen LogP contribution in [0.4, 0.5) is 13.2 Å². The first kappa shape index (κ1) is 16.1. The quantitative estimate of drug-likeness (QED) is 0.320. The largest absolute Gasteiger partial charge is 0.477 e. The average Bonchev–Trinajstić information content (AvgIpc) is 2.26. The summed E-state index contributed by atoms with van der Waals surface area (Å²) < 4.78 is 63.9. The SMILES string of the molecule is C=C(C(=O)OCOP(=O)(OC)OC)C(F)(F)F. The Morgan fingerprint density at radius 2 is 1.76 bits per heavy atom. The van der Waals surface area contributed by atoms with Crippen molar-refractivity contribution in [1.82, 2.24) is 0 Å². The molecular weight excluding hydrogens is 268 g/mol. The number of rotatable bonds is 6. The van der Waals surface area contributed by atoms with E-state index in [2.05, 4.69) is 24.9 Å². The lowest BCUT2D eigenvalue weighted by molar-refractivity contribution is -0.157. The molecule has 0 unspecified atom stereocenters. The van der Waals surface area contributed by atoms with Gasteiger partial charge in [-0.2, -0.15) is 13.2 Å². The van der Waals surface area contributed by atoms with Crippen molar-refractivity contribution in [2.75, 3.05) is 21.0 Å². The van der Waals surface area contributed by atoms with Gasteiger partial charge in [0, 0.05) is 14.2 Å². The van der Waals surface area contributed by atoms with E-state index in [0.717, 1.165) is 14.2 Å². The molecule has 0 heterocycles. The maximum absolute atomic E-state index is 11.9. The second-order valence-corrected chi connectivity index (χ2v) is 4.35. The molecule has 0 aliphatic heterocycles. The zero-order valence-corrected chi connectivity index (χ0v) is 9.84. The normalized spacial score (nSPS) is 12.3. The highest BCUT2D eigenvalue weighted by Crippen LogP contribution is 2.47. The highest BCUT2D eigenvalue weighted by Gasteiger charge is 2.38. The third-order valence-electron chi connectivity index (χ3n) is 1.44. The fourth-order valence-electron chi connectivity index (χ4n) is 0.527. The summed E-state index contributed by atoms with van der Waals surface area (Å²) in [5.74, 6) is -1.74. The van der Waals surface area contributed by atoms with E-state index in [9.17, 15) is 22.5 Å². The minimum Gasteiger partial charge on any atom is -0.434 e. The third kappa shape index (κ3) is 5.31. The second-order valence-electron chi connectivity index (χ2n) is 2.47. The summed E-state index contributed by atoms with van der Waals surface area (Å²) in [7, 11) is -1.92. The van der Waals surface area contributed by atoms with Gasteiger partial charge in [-0.25, -0.2) is 13.9 Å². The van der Waals surface area contributed by atoms with Crippen molar-refractivity contribution >= 4 is 13.8 Å². The molecule has 0 saturated carbocycles. The molecule has 0 aromatic heterocycles. The average molecular weight is 278 g/mol. The molecule has 0 radical (unpaired) electrons. The van der Waals surface area contributed by atoms with E-state index in [1.165, 1.54) is 0 Å². The number of alkyl halides is 3. The number of halogens is 3. The van der Waals surface area contributed by atoms with Gasteiger partial charge < -0.3 is 4.74 Å². The molecule has 0 aliphatic carbocycles. The van der Waals surface area contributed by atoms with Gasteiger partial charge in [0.2, 0.25) is 6.79 Å². The summed E-state index contributed by atoms with van der Waals surface area (Å²) in [6.07, 6.45) is -4.90. The molecular formula is C7H10F3O6P. The Kier molecular flexibility index (Phi) is 5.83. The molecule has 0 bridgehead atoms. The van der Waals surface area contributed by atoms with Crippen LogP contribution in [0.5, 0.6) is 0 Å². The van der Waals surface area contributed by atoms with Gasteiger partial charge in [0.05, 0.1) is 0 Å². The molecule has 0 saturated heterocycles. The number of hydrogen-bond acceptors (Lipinski definition) is 6. The van der Waals surface area contributed by atoms with Crippen molar-refractivity contribution in [1.29, 1.82) is 0 Å². The van der Waals surface area contributed by atoms with Crippen LogP contribution in [-0.4, -0.2) is 33.2 Å². The van der Waals surface area contributed by atoms with Crippen molar-refractivity contribution in [3.63, 3.8) is 0 Å². The van der Waals surface area contributed by atoms with Gasteiger partial charge in [-0.05, 0) is 0 Å². The van der Waals surface area contributed by atoms with Gasteiger partial charge >= 0.3 is 20.0 Å². The van der Waals surface area contributed by atoms with E-state index in [1.807, 2.05) is 0 Å². The first-order chi connectivity index (χ1) is 7.66. The summed E-state index contributed by atoms with van der Waals surface area (Å²) in [6.45, 7) is 1.47. The Morgan fingerprint density at radius 3 is 2.12 bits per heavy atom. The molecule has 0 N–H and O–H groups in total. The van der Waals surface area contributed by atoms with Crippen LogP contribution in [0.25, 0.3) is 0 Å². The van der Waals surface area contributed by atoms with Crippen molar-refractivity contribution in [3.8, 4) is 0 Å². The van der Waals surface area contributed by atoms with Crippen LogP contribution in [0.15, 0.2) is 12.2 Å². The lowest BCUT2D eigenvalue weighted by Crippen LogP contribution is -2.21. The molecule has 10 heteroatoms. The summed E-state index contributed by atoms with van der Waals surface area (Å²) >= 11 is 0. The minimum atomic E-state index is -4.90. The molecule has 17 heavy (non-hydrogen) atoms. The Morgan fingerprint density at radius 1 is 1.29 bits per heavy atom. The number of phosphoric ester groups is 1. The number of carbonyl (C=O) groups is 1. The maximum atomic E-state index is 11.9. The zero-order valence-electron chi connectivity index (χ0n) is 8.94. The molecule has 0 fully saturated rings. The summed E-state index contributed by atoms with van der Waals surface area (Å²) in [5.41, 5.74) is -1.70. The topological polar surface area (TPSA) is 71.1 Å². The molecule has 100 valence electrons. The molecule has 0 amide bonds. The Balaban J connectivity index is 4.20. The predicted molar refractivity (Wildman–Crippen MR) is 48.9 cm³/mol. The summed E-state index contributed by atoms with van der Waals surface area (Å²) in [4.78, 5) is 10.8. The van der Waals surface area contributed by atoms with Crippen LogP contribution in [0.2, 0.25) is 0 Å². The van der Waals surface area contributed by atoms with E-state index < -0.39 is 32.3 Å². The van der Waals surface area contributed by atoms with Crippen LogP contribution in [0, 0.1) is 0 Å². The number of ether oxygens (including phenoxy) is 1. The van der Waals surface area contributed by atoms with E-state index in [4.69, 9.17) is 0 Å². The monoisotopic (exact) mass is 278 g/mol. The Labute approximate surface area is 94.9 Å². The number of esters is 1. The van der Waals surface area contributed by atoms with E-state index in [-0.39, 0.29) is 0 Å². The summed E-state index contributed by atoms with van der Waals surface area (Å²) in [6, 6.07) is 0. The number of hydrogen-bond donors (Lipinski definition) is 0. The van der Waals surface area contributed by atoms with Gasteiger partial charge in [0.15, 0.2) is 0 Å². The highest BCUT2D eigenvalue weighted by molar-refractivity contribution is 7.48. The molecule has 6 nitrogen and oxygen atoms in total.